The van der Waals surface area contributed by atoms with Gasteiger partial charge in [0.1, 0.15) is 6.04 Å². The second kappa shape index (κ2) is 13.4. The minimum atomic E-state index is -0.456. The Morgan fingerprint density at radius 3 is 2.45 bits per heavy atom. The molecule has 4 nitrogen and oxygen atoms in total. The SMILES string of the molecule is CCCNC(=O)[C@@H](CC)N(Cc1ccccc1C)C(=O)CCCSc1ccc(Cl)cc1. The van der Waals surface area contributed by atoms with Gasteiger partial charge in [0.2, 0.25) is 11.8 Å². The molecule has 0 aliphatic carbocycles. The van der Waals surface area contributed by atoms with Gasteiger partial charge in [-0.2, -0.15) is 0 Å². The molecule has 168 valence electrons. The number of benzene rings is 2. The molecule has 0 radical (unpaired) electrons. The molecule has 2 rings (SSSR count). The smallest absolute Gasteiger partial charge is 0.242 e. The monoisotopic (exact) mass is 460 g/mol. The quantitative estimate of drug-likeness (QED) is 0.319. The topological polar surface area (TPSA) is 49.4 Å². The van der Waals surface area contributed by atoms with E-state index in [0.717, 1.165) is 39.6 Å². The van der Waals surface area contributed by atoms with Gasteiger partial charge in [-0.15, -0.1) is 11.8 Å². The van der Waals surface area contributed by atoms with Crippen molar-refractivity contribution in [3.8, 4) is 0 Å². The van der Waals surface area contributed by atoms with E-state index in [-0.39, 0.29) is 11.8 Å². The number of nitrogens with one attached hydrogen (secondary N) is 1. The van der Waals surface area contributed by atoms with Crippen molar-refractivity contribution in [2.75, 3.05) is 12.3 Å². The van der Waals surface area contributed by atoms with E-state index in [1.54, 1.807) is 16.7 Å². The zero-order valence-corrected chi connectivity index (χ0v) is 20.3. The van der Waals surface area contributed by atoms with Gasteiger partial charge >= 0.3 is 0 Å². The van der Waals surface area contributed by atoms with Crippen molar-refractivity contribution < 1.29 is 9.59 Å². The number of carbonyl (C=O) groups is 2. The first-order valence-electron chi connectivity index (χ1n) is 11.0. The highest BCUT2D eigenvalue weighted by Crippen LogP contribution is 2.22. The van der Waals surface area contributed by atoms with E-state index in [0.29, 0.717) is 25.9 Å². The summed E-state index contributed by atoms with van der Waals surface area (Å²) in [6.45, 7) is 7.10. The molecule has 0 saturated heterocycles. The lowest BCUT2D eigenvalue weighted by Gasteiger charge is -2.31. The van der Waals surface area contributed by atoms with E-state index in [1.165, 1.54) is 0 Å². The van der Waals surface area contributed by atoms with Gasteiger partial charge in [-0.05, 0) is 67.3 Å². The lowest BCUT2D eigenvalue weighted by Crippen LogP contribution is -2.49. The van der Waals surface area contributed by atoms with Crippen LogP contribution in [0.3, 0.4) is 0 Å². The predicted octanol–water partition coefficient (Wildman–Crippen LogP) is 5.85. The zero-order chi connectivity index (χ0) is 22.6. The fraction of sp³-hybridized carbons (Fsp3) is 0.440. The van der Waals surface area contributed by atoms with Crippen molar-refractivity contribution in [1.82, 2.24) is 10.2 Å². The Morgan fingerprint density at radius 2 is 1.81 bits per heavy atom. The third-order valence-corrected chi connectivity index (χ3v) is 6.50. The fourth-order valence-electron chi connectivity index (χ4n) is 3.34. The number of amides is 2. The fourth-order valence-corrected chi connectivity index (χ4v) is 4.32. The average molecular weight is 461 g/mol. The lowest BCUT2D eigenvalue weighted by atomic mass is 10.1. The number of nitrogens with zero attached hydrogens (tertiary/aromatic N) is 1. The summed E-state index contributed by atoms with van der Waals surface area (Å²) in [6.07, 6.45) is 2.63. The van der Waals surface area contributed by atoms with Crippen molar-refractivity contribution >= 4 is 35.2 Å². The standard InChI is InChI=1S/C25H33ClN2O2S/c1-4-16-27-25(30)23(5-2)28(18-20-10-7-6-9-19(20)3)24(29)11-8-17-31-22-14-12-21(26)13-15-22/h6-7,9-10,12-15,23H,4-5,8,11,16-18H2,1-3H3,(H,27,30)/t23-/m1/s1. The number of hydrogen-bond acceptors (Lipinski definition) is 3. The Balaban J connectivity index is 2.04. The minimum Gasteiger partial charge on any atom is -0.354 e. The summed E-state index contributed by atoms with van der Waals surface area (Å²) in [4.78, 5) is 28.9. The molecular weight excluding hydrogens is 428 g/mol. The molecule has 2 aromatic carbocycles. The van der Waals surface area contributed by atoms with E-state index >= 15 is 0 Å². The number of hydrogen-bond donors (Lipinski definition) is 1. The van der Waals surface area contributed by atoms with Gasteiger partial charge in [-0.1, -0.05) is 49.7 Å². The normalized spacial score (nSPS) is 11.7. The van der Waals surface area contributed by atoms with Crippen LogP contribution < -0.4 is 5.32 Å². The molecule has 1 atom stereocenters. The Hall–Kier alpha value is -1.98. The van der Waals surface area contributed by atoms with Crippen LogP contribution in [0.5, 0.6) is 0 Å². The number of halogens is 1. The van der Waals surface area contributed by atoms with Crippen LogP contribution in [-0.4, -0.2) is 35.1 Å². The Morgan fingerprint density at radius 1 is 1.10 bits per heavy atom. The van der Waals surface area contributed by atoms with Crippen LogP contribution in [0.15, 0.2) is 53.4 Å². The summed E-state index contributed by atoms with van der Waals surface area (Å²) in [6, 6.07) is 15.3. The summed E-state index contributed by atoms with van der Waals surface area (Å²) in [5.41, 5.74) is 2.20. The third-order valence-electron chi connectivity index (χ3n) is 5.15. The first-order chi connectivity index (χ1) is 15.0. The van der Waals surface area contributed by atoms with Crippen molar-refractivity contribution in [2.45, 2.75) is 63.9 Å². The van der Waals surface area contributed by atoms with Gasteiger partial charge in [-0.25, -0.2) is 0 Å². The van der Waals surface area contributed by atoms with E-state index in [2.05, 4.69) is 5.32 Å². The van der Waals surface area contributed by atoms with Crippen LogP contribution in [0, 0.1) is 6.92 Å². The summed E-state index contributed by atoms with van der Waals surface area (Å²) in [5, 5.41) is 3.69. The molecule has 0 unspecified atom stereocenters. The maximum Gasteiger partial charge on any atom is 0.242 e. The maximum atomic E-state index is 13.2. The predicted molar refractivity (Wildman–Crippen MR) is 131 cm³/mol. The Labute approximate surface area is 195 Å². The molecule has 0 aliphatic heterocycles. The van der Waals surface area contributed by atoms with Gasteiger partial charge < -0.3 is 10.2 Å². The molecule has 0 spiro atoms. The first kappa shape index (κ1) is 25.3. The van der Waals surface area contributed by atoms with Gasteiger partial charge in [0.15, 0.2) is 0 Å². The van der Waals surface area contributed by atoms with Crippen molar-refractivity contribution in [3.05, 3.63) is 64.7 Å². The molecule has 0 bridgehead atoms. The molecule has 2 amide bonds. The molecule has 0 heterocycles. The molecule has 0 fully saturated rings. The van der Waals surface area contributed by atoms with Crippen LogP contribution in [0.25, 0.3) is 0 Å². The molecule has 1 N–H and O–H groups in total. The van der Waals surface area contributed by atoms with E-state index < -0.39 is 6.04 Å². The maximum absolute atomic E-state index is 13.2. The second-order valence-electron chi connectivity index (χ2n) is 7.57. The average Bonchev–Trinajstić information content (AvgIpc) is 2.77. The highest BCUT2D eigenvalue weighted by Gasteiger charge is 2.28. The molecular formula is C25H33ClN2O2S. The van der Waals surface area contributed by atoms with E-state index in [1.807, 2.05) is 69.3 Å². The van der Waals surface area contributed by atoms with Crippen LogP contribution >= 0.6 is 23.4 Å². The number of thioether (sulfide) groups is 1. The summed E-state index contributed by atoms with van der Waals surface area (Å²) in [7, 11) is 0. The van der Waals surface area contributed by atoms with Crippen molar-refractivity contribution in [2.24, 2.45) is 0 Å². The van der Waals surface area contributed by atoms with Gasteiger partial charge in [0.25, 0.3) is 0 Å². The van der Waals surface area contributed by atoms with Crippen LogP contribution in [-0.2, 0) is 16.1 Å². The summed E-state index contributed by atoms with van der Waals surface area (Å²) >= 11 is 7.65. The van der Waals surface area contributed by atoms with Gasteiger partial charge in [0.05, 0.1) is 0 Å². The number of rotatable bonds is 12. The Bertz CT molecular complexity index is 842. The third kappa shape index (κ3) is 8.23. The summed E-state index contributed by atoms with van der Waals surface area (Å²) < 4.78 is 0. The largest absolute Gasteiger partial charge is 0.354 e. The molecule has 31 heavy (non-hydrogen) atoms. The highest BCUT2D eigenvalue weighted by molar-refractivity contribution is 7.99. The van der Waals surface area contributed by atoms with Gasteiger partial charge in [0, 0.05) is 29.4 Å². The molecule has 0 aromatic heterocycles. The number of carbonyl (C=O) groups excluding carboxylic acids is 2. The zero-order valence-electron chi connectivity index (χ0n) is 18.7. The highest BCUT2D eigenvalue weighted by atomic mass is 35.5. The molecule has 0 aliphatic rings. The van der Waals surface area contributed by atoms with Crippen LogP contribution in [0.2, 0.25) is 5.02 Å². The molecule has 2 aromatic rings. The van der Waals surface area contributed by atoms with Crippen LogP contribution in [0.4, 0.5) is 0 Å². The second-order valence-corrected chi connectivity index (χ2v) is 9.17. The van der Waals surface area contributed by atoms with E-state index in [4.69, 9.17) is 11.6 Å². The van der Waals surface area contributed by atoms with Crippen LogP contribution in [0.1, 0.15) is 50.7 Å². The lowest BCUT2D eigenvalue weighted by molar-refractivity contribution is -0.141. The Kier molecular flexibility index (Phi) is 11.0. The molecule has 0 saturated carbocycles. The van der Waals surface area contributed by atoms with Gasteiger partial charge in [-0.3, -0.25) is 9.59 Å². The molecule has 6 heteroatoms. The van der Waals surface area contributed by atoms with E-state index in [9.17, 15) is 9.59 Å². The van der Waals surface area contributed by atoms with Crippen molar-refractivity contribution in [3.63, 3.8) is 0 Å². The van der Waals surface area contributed by atoms with Crippen molar-refractivity contribution in [1.29, 1.82) is 0 Å². The minimum absolute atomic E-state index is 0.0263. The summed E-state index contributed by atoms with van der Waals surface area (Å²) in [5.74, 6) is 0.796. The first-order valence-corrected chi connectivity index (χ1v) is 12.3. The number of aryl methyl sites for hydroxylation is 1.